The minimum Gasteiger partial charge on any atom is -0.309 e. The lowest BCUT2D eigenvalue weighted by atomic mass is 10.1. The Labute approximate surface area is 115 Å². The van der Waals surface area contributed by atoms with E-state index in [0.29, 0.717) is 28.2 Å². The van der Waals surface area contributed by atoms with E-state index in [-0.39, 0.29) is 5.91 Å². The Morgan fingerprint density at radius 2 is 2.21 bits per heavy atom. The van der Waals surface area contributed by atoms with Crippen molar-refractivity contribution in [2.24, 2.45) is 0 Å². The van der Waals surface area contributed by atoms with E-state index in [1.165, 1.54) is 4.90 Å². The molecule has 2 aromatic rings. The topological polar surface area (TPSA) is 69.9 Å². The monoisotopic (exact) mass is 272 g/mol. The van der Waals surface area contributed by atoms with Crippen molar-refractivity contribution < 1.29 is 4.79 Å². The third kappa shape index (κ3) is 2.46. The van der Waals surface area contributed by atoms with Gasteiger partial charge >= 0.3 is 0 Å². The lowest BCUT2D eigenvalue weighted by Crippen LogP contribution is -2.27. The van der Waals surface area contributed by atoms with E-state index in [0.717, 1.165) is 11.5 Å². The van der Waals surface area contributed by atoms with Gasteiger partial charge in [0.1, 0.15) is 10.9 Å². The average molecular weight is 272 g/mol. The summed E-state index contributed by atoms with van der Waals surface area (Å²) in [5, 5.41) is 13.0. The second-order valence-electron chi connectivity index (χ2n) is 3.90. The standard InChI is InChI=1S/C13H12N4OS/c1-3-10-12(19-16-15-10)13(18)17(2)11-7-5-4-6-9(11)8-14/h4-7H,3H2,1-2H3. The Balaban J connectivity index is 2.37. The molecule has 1 aromatic carbocycles. The molecule has 0 bridgehead atoms. The smallest absolute Gasteiger partial charge is 0.271 e. The number of hydrogen-bond donors (Lipinski definition) is 0. The highest BCUT2D eigenvalue weighted by molar-refractivity contribution is 7.08. The van der Waals surface area contributed by atoms with Crippen LogP contribution < -0.4 is 4.90 Å². The number of amides is 1. The van der Waals surface area contributed by atoms with Gasteiger partial charge in [-0.05, 0) is 30.1 Å². The van der Waals surface area contributed by atoms with Crippen LogP contribution in [0.4, 0.5) is 5.69 Å². The number of para-hydroxylation sites is 1. The number of carbonyl (C=O) groups excluding carboxylic acids is 1. The summed E-state index contributed by atoms with van der Waals surface area (Å²) in [6.45, 7) is 1.93. The highest BCUT2D eigenvalue weighted by Gasteiger charge is 2.21. The molecule has 19 heavy (non-hydrogen) atoms. The number of benzene rings is 1. The summed E-state index contributed by atoms with van der Waals surface area (Å²) in [5.74, 6) is -0.186. The van der Waals surface area contributed by atoms with Crippen molar-refractivity contribution in [1.82, 2.24) is 9.59 Å². The Hall–Kier alpha value is -2.26. The molecule has 0 spiro atoms. The number of rotatable bonds is 3. The third-order valence-electron chi connectivity index (χ3n) is 2.78. The minimum absolute atomic E-state index is 0.186. The summed E-state index contributed by atoms with van der Waals surface area (Å²) in [7, 11) is 1.65. The third-order valence-corrected chi connectivity index (χ3v) is 3.53. The van der Waals surface area contributed by atoms with E-state index in [1.807, 2.05) is 6.92 Å². The van der Waals surface area contributed by atoms with Gasteiger partial charge in [0.25, 0.3) is 5.91 Å². The van der Waals surface area contributed by atoms with Crippen molar-refractivity contribution in [3.8, 4) is 6.07 Å². The minimum atomic E-state index is -0.186. The number of anilines is 1. The quantitative estimate of drug-likeness (QED) is 0.859. The molecule has 0 radical (unpaired) electrons. The molecule has 2 rings (SSSR count). The molecule has 0 aliphatic heterocycles. The van der Waals surface area contributed by atoms with E-state index in [2.05, 4.69) is 15.7 Å². The molecule has 0 fully saturated rings. The van der Waals surface area contributed by atoms with E-state index in [4.69, 9.17) is 5.26 Å². The van der Waals surface area contributed by atoms with Crippen molar-refractivity contribution in [3.63, 3.8) is 0 Å². The van der Waals surface area contributed by atoms with Crippen LogP contribution in [0.3, 0.4) is 0 Å². The Kier molecular flexibility index (Phi) is 3.88. The zero-order chi connectivity index (χ0) is 13.8. The maximum absolute atomic E-state index is 12.4. The molecule has 0 saturated heterocycles. The molecule has 5 nitrogen and oxygen atoms in total. The molecule has 1 aromatic heterocycles. The van der Waals surface area contributed by atoms with Crippen LogP contribution in [0.1, 0.15) is 27.9 Å². The molecule has 0 atom stereocenters. The van der Waals surface area contributed by atoms with Gasteiger partial charge < -0.3 is 4.90 Å². The Morgan fingerprint density at radius 3 is 2.89 bits per heavy atom. The van der Waals surface area contributed by atoms with Crippen molar-refractivity contribution in [2.75, 3.05) is 11.9 Å². The van der Waals surface area contributed by atoms with Crippen molar-refractivity contribution in [2.45, 2.75) is 13.3 Å². The SMILES string of the molecule is CCc1nnsc1C(=O)N(C)c1ccccc1C#N. The number of nitrogens with zero attached hydrogens (tertiary/aromatic N) is 4. The van der Waals surface area contributed by atoms with Gasteiger partial charge in [0.05, 0.1) is 16.9 Å². The molecular weight excluding hydrogens is 260 g/mol. The molecule has 96 valence electrons. The molecule has 0 unspecified atom stereocenters. The zero-order valence-corrected chi connectivity index (χ0v) is 11.4. The Morgan fingerprint density at radius 1 is 1.47 bits per heavy atom. The van der Waals surface area contributed by atoms with Gasteiger partial charge in [0, 0.05) is 7.05 Å². The number of aromatic nitrogens is 2. The predicted molar refractivity (Wildman–Crippen MR) is 73.2 cm³/mol. The highest BCUT2D eigenvalue weighted by Crippen LogP contribution is 2.22. The lowest BCUT2D eigenvalue weighted by molar-refractivity contribution is 0.0996. The summed E-state index contributed by atoms with van der Waals surface area (Å²) < 4.78 is 3.81. The fourth-order valence-corrected chi connectivity index (χ4v) is 2.45. The fourth-order valence-electron chi connectivity index (χ4n) is 1.72. The first kappa shape index (κ1) is 13.2. The maximum Gasteiger partial charge on any atom is 0.271 e. The van der Waals surface area contributed by atoms with Crippen LogP contribution >= 0.6 is 11.5 Å². The summed E-state index contributed by atoms with van der Waals surface area (Å²) in [6, 6.07) is 9.08. The molecule has 0 aliphatic carbocycles. The second kappa shape index (κ2) is 5.59. The van der Waals surface area contributed by atoms with Crippen LogP contribution in [0.25, 0.3) is 0 Å². The molecule has 6 heteroatoms. The number of hydrogen-bond acceptors (Lipinski definition) is 5. The lowest BCUT2D eigenvalue weighted by Gasteiger charge is -2.17. The maximum atomic E-state index is 12.4. The number of carbonyl (C=O) groups is 1. The summed E-state index contributed by atoms with van der Waals surface area (Å²) >= 11 is 1.08. The summed E-state index contributed by atoms with van der Waals surface area (Å²) in [5.41, 5.74) is 1.75. The molecule has 1 amide bonds. The average Bonchev–Trinajstić information content (AvgIpc) is 2.94. The van der Waals surface area contributed by atoms with E-state index in [9.17, 15) is 4.79 Å². The number of nitriles is 1. The van der Waals surface area contributed by atoms with Crippen molar-refractivity contribution in [3.05, 3.63) is 40.4 Å². The van der Waals surface area contributed by atoms with Gasteiger partial charge in [-0.3, -0.25) is 4.79 Å². The first-order chi connectivity index (χ1) is 9.19. The molecule has 0 saturated carbocycles. The molecule has 1 heterocycles. The van der Waals surface area contributed by atoms with Crippen LogP contribution in [-0.2, 0) is 6.42 Å². The van der Waals surface area contributed by atoms with E-state index >= 15 is 0 Å². The van der Waals surface area contributed by atoms with Crippen molar-refractivity contribution >= 4 is 23.1 Å². The molecule has 0 aliphatic rings. The summed E-state index contributed by atoms with van der Waals surface area (Å²) in [6.07, 6.45) is 0.658. The summed E-state index contributed by atoms with van der Waals surface area (Å²) in [4.78, 5) is 14.4. The molecule has 0 N–H and O–H groups in total. The fraction of sp³-hybridized carbons (Fsp3) is 0.231. The molecular formula is C13H12N4OS. The van der Waals surface area contributed by atoms with Gasteiger partial charge in [0.15, 0.2) is 0 Å². The number of aryl methyl sites for hydroxylation is 1. The largest absolute Gasteiger partial charge is 0.309 e. The predicted octanol–water partition coefficient (Wildman–Crippen LogP) is 2.25. The van der Waals surface area contributed by atoms with Crippen LogP contribution in [0, 0.1) is 11.3 Å². The van der Waals surface area contributed by atoms with Gasteiger partial charge in [0.2, 0.25) is 0 Å². The Bertz CT molecular complexity index is 644. The van der Waals surface area contributed by atoms with Gasteiger partial charge in [-0.1, -0.05) is 23.5 Å². The second-order valence-corrected chi connectivity index (χ2v) is 4.65. The van der Waals surface area contributed by atoms with Crippen molar-refractivity contribution in [1.29, 1.82) is 5.26 Å². The first-order valence-electron chi connectivity index (χ1n) is 5.77. The van der Waals surface area contributed by atoms with Gasteiger partial charge in [-0.25, -0.2) is 0 Å². The van der Waals surface area contributed by atoms with Gasteiger partial charge in [-0.15, -0.1) is 5.10 Å². The van der Waals surface area contributed by atoms with Crippen LogP contribution in [-0.4, -0.2) is 22.5 Å². The van der Waals surface area contributed by atoms with Crippen LogP contribution in [0.2, 0.25) is 0 Å². The zero-order valence-electron chi connectivity index (χ0n) is 10.6. The van der Waals surface area contributed by atoms with E-state index < -0.39 is 0 Å². The van der Waals surface area contributed by atoms with Crippen LogP contribution in [0.15, 0.2) is 24.3 Å². The van der Waals surface area contributed by atoms with Gasteiger partial charge in [-0.2, -0.15) is 5.26 Å². The normalized spacial score (nSPS) is 9.95. The van der Waals surface area contributed by atoms with Crippen LogP contribution in [0.5, 0.6) is 0 Å². The first-order valence-corrected chi connectivity index (χ1v) is 6.54. The van der Waals surface area contributed by atoms with E-state index in [1.54, 1.807) is 31.3 Å². The highest BCUT2D eigenvalue weighted by atomic mass is 32.1.